The van der Waals surface area contributed by atoms with E-state index in [9.17, 15) is 4.79 Å². The summed E-state index contributed by atoms with van der Waals surface area (Å²) in [7, 11) is 0. The fraction of sp³-hybridized carbons (Fsp3) is 0.417. The second-order valence-electron chi connectivity index (χ2n) is 4.34. The lowest BCUT2D eigenvalue weighted by Gasteiger charge is -2.34. The molecule has 2 nitrogen and oxygen atoms in total. The molecule has 0 aromatic heterocycles. The maximum atomic E-state index is 10.9. The summed E-state index contributed by atoms with van der Waals surface area (Å²) in [5, 5.41) is 0.347. The van der Waals surface area contributed by atoms with Crippen molar-refractivity contribution in [3.05, 3.63) is 28.8 Å². The van der Waals surface area contributed by atoms with Gasteiger partial charge in [0.2, 0.25) is 5.24 Å². The first-order chi connectivity index (χ1) is 7.48. The lowest BCUT2D eigenvalue weighted by Crippen LogP contribution is -2.37. The number of fused-ring (bicyclic) bond motifs is 1. The standard InChI is InChI=1S/C12H12Cl2O2/c1-12(7-11(14)15)5-4-8-6-9(13)2-3-10(8)16-12/h2-3,6H,4-5,7H2,1H3. The zero-order valence-electron chi connectivity index (χ0n) is 8.93. The van der Waals surface area contributed by atoms with Crippen LogP contribution < -0.4 is 4.74 Å². The molecule has 1 aromatic carbocycles. The van der Waals surface area contributed by atoms with Gasteiger partial charge in [0.05, 0.1) is 6.42 Å². The average molecular weight is 259 g/mol. The maximum Gasteiger partial charge on any atom is 0.225 e. The highest BCUT2D eigenvalue weighted by Gasteiger charge is 2.33. The third-order valence-corrected chi connectivity index (χ3v) is 3.18. The van der Waals surface area contributed by atoms with Crippen molar-refractivity contribution in [2.24, 2.45) is 0 Å². The number of aryl methyl sites for hydroxylation is 1. The van der Waals surface area contributed by atoms with E-state index in [1.165, 1.54) is 0 Å². The van der Waals surface area contributed by atoms with Crippen molar-refractivity contribution in [2.75, 3.05) is 0 Å². The van der Waals surface area contributed by atoms with Crippen LogP contribution in [0, 0.1) is 0 Å². The summed E-state index contributed by atoms with van der Waals surface area (Å²) in [5.41, 5.74) is 0.603. The van der Waals surface area contributed by atoms with Crippen LogP contribution in [-0.2, 0) is 11.2 Å². The number of rotatable bonds is 2. The summed E-state index contributed by atoms with van der Waals surface area (Å²) in [5.74, 6) is 0.802. The molecule has 0 spiro atoms. The summed E-state index contributed by atoms with van der Waals surface area (Å²) in [6.07, 6.45) is 1.87. The van der Waals surface area contributed by atoms with Gasteiger partial charge in [-0.15, -0.1) is 0 Å². The van der Waals surface area contributed by atoms with Crippen molar-refractivity contribution in [3.63, 3.8) is 0 Å². The number of benzene rings is 1. The lowest BCUT2D eigenvalue weighted by molar-refractivity contribution is -0.115. The SMILES string of the molecule is CC1(CC(=O)Cl)CCc2cc(Cl)ccc2O1. The van der Waals surface area contributed by atoms with Crippen molar-refractivity contribution in [2.45, 2.75) is 31.8 Å². The van der Waals surface area contributed by atoms with Crippen LogP contribution in [0.25, 0.3) is 0 Å². The van der Waals surface area contributed by atoms with Gasteiger partial charge >= 0.3 is 0 Å². The van der Waals surface area contributed by atoms with Crippen LogP contribution in [0.1, 0.15) is 25.3 Å². The third kappa shape index (κ3) is 2.50. The minimum Gasteiger partial charge on any atom is -0.487 e. The van der Waals surface area contributed by atoms with Crippen LogP contribution in [0.4, 0.5) is 0 Å². The highest BCUT2D eigenvalue weighted by molar-refractivity contribution is 6.63. The van der Waals surface area contributed by atoms with E-state index >= 15 is 0 Å². The Morgan fingerprint density at radius 2 is 2.31 bits per heavy atom. The second-order valence-corrected chi connectivity index (χ2v) is 5.19. The molecule has 0 fully saturated rings. The number of ether oxygens (including phenoxy) is 1. The largest absolute Gasteiger partial charge is 0.487 e. The Morgan fingerprint density at radius 1 is 1.56 bits per heavy atom. The molecular weight excluding hydrogens is 247 g/mol. The van der Waals surface area contributed by atoms with Gasteiger partial charge in [0.15, 0.2) is 0 Å². The van der Waals surface area contributed by atoms with E-state index in [-0.39, 0.29) is 11.7 Å². The minimum absolute atomic E-state index is 0.233. The first kappa shape index (κ1) is 11.7. The number of carbonyl (C=O) groups excluding carboxylic acids is 1. The molecule has 0 N–H and O–H groups in total. The Labute approximate surface area is 104 Å². The van der Waals surface area contributed by atoms with Gasteiger partial charge in [-0.3, -0.25) is 4.79 Å². The number of hydrogen-bond donors (Lipinski definition) is 0. The van der Waals surface area contributed by atoms with E-state index in [2.05, 4.69) is 0 Å². The Balaban J connectivity index is 2.23. The molecule has 1 heterocycles. The van der Waals surface area contributed by atoms with Gasteiger partial charge in [-0.05, 0) is 55.1 Å². The van der Waals surface area contributed by atoms with Gasteiger partial charge in [-0.2, -0.15) is 0 Å². The van der Waals surface area contributed by atoms with Crippen molar-refractivity contribution in [1.29, 1.82) is 0 Å². The number of halogens is 2. The molecule has 0 amide bonds. The predicted octanol–water partition coefficient (Wildman–Crippen LogP) is 3.58. The second kappa shape index (κ2) is 4.27. The summed E-state index contributed by atoms with van der Waals surface area (Å²) in [4.78, 5) is 10.9. The fourth-order valence-electron chi connectivity index (χ4n) is 1.98. The quantitative estimate of drug-likeness (QED) is 0.759. The van der Waals surface area contributed by atoms with Gasteiger partial charge in [0.25, 0.3) is 0 Å². The Hall–Kier alpha value is -0.730. The van der Waals surface area contributed by atoms with E-state index in [0.717, 1.165) is 24.2 Å². The minimum atomic E-state index is -0.486. The molecule has 1 aliphatic heterocycles. The predicted molar refractivity (Wildman–Crippen MR) is 64.3 cm³/mol. The normalized spacial score (nSPS) is 23.4. The number of carbonyl (C=O) groups is 1. The van der Waals surface area contributed by atoms with E-state index in [1.807, 2.05) is 19.1 Å². The molecule has 0 saturated carbocycles. The summed E-state index contributed by atoms with van der Waals surface area (Å²) in [6.45, 7) is 1.91. The topological polar surface area (TPSA) is 26.3 Å². The molecule has 1 unspecified atom stereocenters. The summed E-state index contributed by atoms with van der Waals surface area (Å²) in [6, 6.07) is 5.53. The first-order valence-corrected chi connectivity index (χ1v) is 5.90. The zero-order valence-corrected chi connectivity index (χ0v) is 10.4. The molecule has 1 aromatic rings. The molecule has 4 heteroatoms. The molecule has 1 aliphatic rings. The van der Waals surface area contributed by atoms with Crippen molar-refractivity contribution in [1.82, 2.24) is 0 Å². The molecular formula is C12H12Cl2O2. The summed E-state index contributed by atoms with van der Waals surface area (Å²) < 4.78 is 5.82. The Morgan fingerprint density at radius 3 is 3.00 bits per heavy atom. The van der Waals surface area contributed by atoms with Crippen LogP contribution >= 0.6 is 23.2 Å². The number of hydrogen-bond acceptors (Lipinski definition) is 2. The van der Waals surface area contributed by atoms with Gasteiger partial charge < -0.3 is 4.74 Å². The van der Waals surface area contributed by atoms with E-state index in [1.54, 1.807) is 6.07 Å². The highest BCUT2D eigenvalue weighted by Crippen LogP contribution is 2.36. The molecule has 0 radical (unpaired) electrons. The van der Waals surface area contributed by atoms with E-state index < -0.39 is 5.60 Å². The zero-order chi connectivity index (χ0) is 11.8. The Kier molecular flexibility index (Phi) is 3.13. The first-order valence-electron chi connectivity index (χ1n) is 5.14. The lowest BCUT2D eigenvalue weighted by atomic mass is 9.90. The van der Waals surface area contributed by atoms with Gasteiger partial charge in [-0.25, -0.2) is 0 Å². The molecule has 0 aliphatic carbocycles. The molecule has 86 valence electrons. The van der Waals surface area contributed by atoms with Crippen LogP contribution in [-0.4, -0.2) is 10.8 Å². The molecule has 16 heavy (non-hydrogen) atoms. The maximum absolute atomic E-state index is 10.9. The van der Waals surface area contributed by atoms with Gasteiger partial charge in [0, 0.05) is 5.02 Å². The molecule has 0 saturated heterocycles. The Bertz CT molecular complexity index is 431. The van der Waals surface area contributed by atoms with Crippen LogP contribution in [0.5, 0.6) is 5.75 Å². The van der Waals surface area contributed by atoms with Crippen molar-refractivity contribution < 1.29 is 9.53 Å². The monoisotopic (exact) mass is 258 g/mol. The summed E-state index contributed by atoms with van der Waals surface area (Å²) >= 11 is 11.3. The van der Waals surface area contributed by atoms with Crippen LogP contribution in [0.15, 0.2) is 18.2 Å². The molecule has 2 rings (SSSR count). The van der Waals surface area contributed by atoms with Crippen LogP contribution in [0.2, 0.25) is 5.02 Å². The van der Waals surface area contributed by atoms with E-state index in [0.29, 0.717) is 5.02 Å². The third-order valence-electron chi connectivity index (χ3n) is 2.81. The van der Waals surface area contributed by atoms with E-state index in [4.69, 9.17) is 27.9 Å². The molecule has 1 atom stereocenters. The van der Waals surface area contributed by atoms with Gasteiger partial charge in [0.1, 0.15) is 11.4 Å². The van der Waals surface area contributed by atoms with Crippen LogP contribution in [0.3, 0.4) is 0 Å². The van der Waals surface area contributed by atoms with Gasteiger partial charge in [-0.1, -0.05) is 11.6 Å². The average Bonchev–Trinajstić information content (AvgIpc) is 2.17. The fourth-order valence-corrected chi connectivity index (χ4v) is 2.45. The smallest absolute Gasteiger partial charge is 0.225 e. The van der Waals surface area contributed by atoms with Crippen molar-refractivity contribution in [3.8, 4) is 5.75 Å². The highest BCUT2D eigenvalue weighted by atomic mass is 35.5. The van der Waals surface area contributed by atoms with Crippen molar-refractivity contribution >= 4 is 28.4 Å². The molecule has 0 bridgehead atoms.